The van der Waals surface area contributed by atoms with Gasteiger partial charge in [0.25, 0.3) is 0 Å². The molecule has 20 heavy (non-hydrogen) atoms. The van der Waals surface area contributed by atoms with Gasteiger partial charge in [0.1, 0.15) is 11.8 Å². The molecule has 5 N–H and O–H groups in total. The minimum absolute atomic E-state index is 0.106. The molecule has 1 unspecified atom stereocenters. The van der Waals surface area contributed by atoms with Crippen LogP contribution in [0, 0.1) is 0 Å². The first-order valence-corrected chi connectivity index (χ1v) is 6.50. The molecule has 1 rings (SSSR count). The van der Waals surface area contributed by atoms with Crippen molar-refractivity contribution in [3.8, 4) is 5.75 Å². The Morgan fingerprint density at radius 1 is 1.30 bits per heavy atom. The molecular formula is C14H20N2O4. The van der Waals surface area contributed by atoms with E-state index >= 15 is 0 Å². The van der Waals surface area contributed by atoms with Crippen LogP contribution in [0.2, 0.25) is 0 Å². The average molecular weight is 280 g/mol. The topological polar surface area (TPSA) is 113 Å². The molecule has 6 heteroatoms. The first kappa shape index (κ1) is 16.0. The number of amides is 1. The number of carbonyl (C=O) groups is 2. The van der Waals surface area contributed by atoms with Crippen LogP contribution in [0.3, 0.4) is 0 Å². The molecule has 0 saturated heterocycles. The zero-order chi connectivity index (χ0) is 15.1. The molecule has 0 fully saturated rings. The third kappa shape index (κ3) is 4.89. The number of carboxylic acids is 1. The van der Waals surface area contributed by atoms with E-state index in [2.05, 4.69) is 5.32 Å². The highest BCUT2D eigenvalue weighted by Crippen LogP contribution is 2.11. The Balaban J connectivity index is 2.67. The number of nitrogens with one attached hydrogen (secondary N) is 1. The van der Waals surface area contributed by atoms with E-state index in [1.807, 2.05) is 6.92 Å². The van der Waals surface area contributed by atoms with Gasteiger partial charge in [0.2, 0.25) is 5.91 Å². The number of benzene rings is 1. The van der Waals surface area contributed by atoms with Gasteiger partial charge in [0, 0.05) is 6.42 Å². The number of hydrogen-bond donors (Lipinski definition) is 4. The van der Waals surface area contributed by atoms with Gasteiger partial charge in [-0.1, -0.05) is 25.5 Å². The molecule has 0 saturated carbocycles. The molecule has 1 aromatic carbocycles. The van der Waals surface area contributed by atoms with Crippen molar-refractivity contribution in [2.75, 3.05) is 0 Å². The van der Waals surface area contributed by atoms with Crippen LogP contribution in [-0.2, 0) is 16.0 Å². The third-order valence-electron chi connectivity index (χ3n) is 2.93. The molecule has 0 radical (unpaired) electrons. The van der Waals surface area contributed by atoms with Crippen LogP contribution in [0.15, 0.2) is 24.3 Å². The van der Waals surface area contributed by atoms with Crippen LogP contribution in [0.1, 0.15) is 25.3 Å². The Morgan fingerprint density at radius 2 is 1.90 bits per heavy atom. The van der Waals surface area contributed by atoms with Crippen molar-refractivity contribution in [3.63, 3.8) is 0 Å². The summed E-state index contributed by atoms with van der Waals surface area (Å²) >= 11 is 0. The van der Waals surface area contributed by atoms with E-state index in [1.54, 1.807) is 12.1 Å². The van der Waals surface area contributed by atoms with Crippen LogP contribution >= 0.6 is 0 Å². The molecule has 1 amide bonds. The minimum atomic E-state index is -1.12. The summed E-state index contributed by atoms with van der Waals surface area (Å²) in [5.41, 5.74) is 6.36. The standard InChI is InChI=1S/C14H20N2O4/c1-2-3-11(15)13(18)16-12(14(19)20)8-9-4-6-10(17)7-5-9/h4-7,11-12,17H,2-3,8,15H2,1H3,(H,16,18)(H,19,20)/t11-,12?/m0/s1. The van der Waals surface area contributed by atoms with Gasteiger partial charge in [0.15, 0.2) is 0 Å². The second kappa shape index (κ2) is 7.49. The molecule has 0 spiro atoms. The second-order valence-corrected chi connectivity index (χ2v) is 4.67. The monoisotopic (exact) mass is 280 g/mol. The van der Waals surface area contributed by atoms with E-state index in [4.69, 9.17) is 10.8 Å². The summed E-state index contributed by atoms with van der Waals surface area (Å²) in [5.74, 6) is -1.47. The summed E-state index contributed by atoms with van der Waals surface area (Å²) in [4.78, 5) is 22.9. The largest absolute Gasteiger partial charge is 0.508 e. The predicted molar refractivity (Wildman–Crippen MR) is 74.3 cm³/mol. The number of aliphatic carboxylic acids is 1. The first-order valence-electron chi connectivity index (χ1n) is 6.50. The molecule has 110 valence electrons. The van der Waals surface area contributed by atoms with Gasteiger partial charge < -0.3 is 21.3 Å². The summed E-state index contributed by atoms with van der Waals surface area (Å²) in [7, 11) is 0. The van der Waals surface area contributed by atoms with Crippen molar-refractivity contribution in [1.82, 2.24) is 5.32 Å². The molecular weight excluding hydrogens is 260 g/mol. The zero-order valence-corrected chi connectivity index (χ0v) is 11.4. The molecule has 0 aliphatic carbocycles. The Labute approximate surface area is 117 Å². The highest BCUT2D eigenvalue weighted by Gasteiger charge is 2.23. The van der Waals surface area contributed by atoms with Gasteiger partial charge in [-0.25, -0.2) is 4.79 Å². The average Bonchev–Trinajstić information content (AvgIpc) is 2.40. The number of rotatable bonds is 7. The van der Waals surface area contributed by atoms with Crippen molar-refractivity contribution < 1.29 is 19.8 Å². The number of nitrogens with two attached hydrogens (primary N) is 1. The van der Waals surface area contributed by atoms with Gasteiger partial charge in [0.05, 0.1) is 6.04 Å². The van der Waals surface area contributed by atoms with Gasteiger partial charge in [-0.3, -0.25) is 4.79 Å². The lowest BCUT2D eigenvalue weighted by atomic mass is 10.0. The van der Waals surface area contributed by atoms with E-state index in [-0.39, 0.29) is 12.2 Å². The van der Waals surface area contributed by atoms with Crippen LogP contribution in [0.25, 0.3) is 0 Å². The molecule has 0 heterocycles. The van der Waals surface area contributed by atoms with E-state index in [9.17, 15) is 14.7 Å². The van der Waals surface area contributed by atoms with E-state index in [0.29, 0.717) is 12.0 Å². The maximum Gasteiger partial charge on any atom is 0.326 e. The molecule has 0 aromatic heterocycles. The fraction of sp³-hybridized carbons (Fsp3) is 0.429. The summed E-state index contributed by atoms with van der Waals surface area (Å²) in [6, 6.07) is 4.45. The Kier molecular flexibility index (Phi) is 5.99. The highest BCUT2D eigenvalue weighted by molar-refractivity contribution is 5.86. The van der Waals surface area contributed by atoms with Crippen LogP contribution in [-0.4, -0.2) is 34.2 Å². The highest BCUT2D eigenvalue weighted by atomic mass is 16.4. The summed E-state index contributed by atoms with van der Waals surface area (Å²) in [6.07, 6.45) is 1.40. The van der Waals surface area contributed by atoms with E-state index in [1.165, 1.54) is 12.1 Å². The lowest BCUT2D eigenvalue weighted by Crippen LogP contribution is -2.49. The van der Waals surface area contributed by atoms with Crippen LogP contribution in [0.4, 0.5) is 0 Å². The number of carbonyl (C=O) groups excluding carboxylic acids is 1. The van der Waals surface area contributed by atoms with Crippen molar-refractivity contribution in [2.24, 2.45) is 5.73 Å². The summed E-state index contributed by atoms with van der Waals surface area (Å²) in [6.45, 7) is 1.90. The number of phenols is 1. The SMILES string of the molecule is CCC[C@H](N)C(=O)NC(Cc1ccc(O)cc1)C(=O)O. The minimum Gasteiger partial charge on any atom is -0.508 e. The van der Waals surface area contributed by atoms with Crippen molar-refractivity contribution in [1.29, 1.82) is 0 Å². The quantitative estimate of drug-likeness (QED) is 0.585. The van der Waals surface area contributed by atoms with Crippen molar-refractivity contribution in [2.45, 2.75) is 38.3 Å². The Morgan fingerprint density at radius 3 is 2.40 bits per heavy atom. The molecule has 6 nitrogen and oxygen atoms in total. The summed E-state index contributed by atoms with van der Waals surface area (Å²) in [5, 5.41) is 20.8. The second-order valence-electron chi connectivity index (χ2n) is 4.67. The van der Waals surface area contributed by atoms with Gasteiger partial charge >= 0.3 is 5.97 Å². The van der Waals surface area contributed by atoms with Gasteiger partial charge in [-0.05, 0) is 24.1 Å². The van der Waals surface area contributed by atoms with Crippen molar-refractivity contribution >= 4 is 11.9 Å². The zero-order valence-electron chi connectivity index (χ0n) is 11.4. The first-order chi connectivity index (χ1) is 9.43. The fourth-order valence-corrected chi connectivity index (χ4v) is 1.79. The Bertz CT molecular complexity index is 459. The van der Waals surface area contributed by atoms with E-state index in [0.717, 1.165) is 6.42 Å². The lowest BCUT2D eigenvalue weighted by molar-refractivity contribution is -0.142. The maximum absolute atomic E-state index is 11.8. The van der Waals surface area contributed by atoms with Gasteiger partial charge in [-0.2, -0.15) is 0 Å². The number of phenolic OH excluding ortho intramolecular Hbond substituents is 1. The number of aromatic hydroxyl groups is 1. The molecule has 0 aliphatic heterocycles. The fourth-order valence-electron chi connectivity index (χ4n) is 1.79. The molecule has 1 aromatic rings. The van der Waals surface area contributed by atoms with Crippen LogP contribution in [0.5, 0.6) is 5.75 Å². The third-order valence-corrected chi connectivity index (χ3v) is 2.93. The summed E-state index contributed by atoms with van der Waals surface area (Å²) < 4.78 is 0. The van der Waals surface area contributed by atoms with Crippen LogP contribution < -0.4 is 11.1 Å². The number of hydrogen-bond acceptors (Lipinski definition) is 4. The normalized spacial score (nSPS) is 13.5. The number of carboxylic acid groups (broad SMARTS) is 1. The molecule has 2 atom stereocenters. The molecule has 0 bridgehead atoms. The Hall–Kier alpha value is -2.08. The maximum atomic E-state index is 11.8. The predicted octanol–water partition coefficient (Wildman–Crippen LogP) is 0.631. The van der Waals surface area contributed by atoms with Gasteiger partial charge in [-0.15, -0.1) is 0 Å². The van der Waals surface area contributed by atoms with Crippen molar-refractivity contribution in [3.05, 3.63) is 29.8 Å². The molecule has 0 aliphatic rings. The smallest absolute Gasteiger partial charge is 0.326 e. The lowest BCUT2D eigenvalue weighted by Gasteiger charge is -2.17. The van der Waals surface area contributed by atoms with E-state index < -0.39 is 24.0 Å².